The molecular weight excluding hydrogens is 170 g/mol. The third kappa shape index (κ3) is 5.19. The van der Waals surface area contributed by atoms with E-state index in [0.29, 0.717) is 6.42 Å². The summed E-state index contributed by atoms with van der Waals surface area (Å²) in [6, 6.07) is -0.752. The lowest BCUT2D eigenvalue weighted by Gasteiger charge is -2.14. The van der Waals surface area contributed by atoms with Crippen molar-refractivity contribution >= 4 is 11.8 Å². The molecule has 2 amide bonds. The molecule has 0 radical (unpaired) electrons. The smallest absolute Gasteiger partial charge is 0.237 e. The van der Waals surface area contributed by atoms with Crippen molar-refractivity contribution in [1.29, 1.82) is 0 Å². The van der Waals surface area contributed by atoms with Gasteiger partial charge < -0.3 is 16.8 Å². The minimum absolute atomic E-state index is 0.141. The highest BCUT2D eigenvalue weighted by molar-refractivity contribution is 5.82. The van der Waals surface area contributed by atoms with Gasteiger partial charge in [0.1, 0.15) is 0 Å². The number of nitrogens with one attached hydrogen (secondary N) is 1. The van der Waals surface area contributed by atoms with Gasteiger partial charge in [-0.2, -0.15) is 0 Å². The van der Waals surface area contributed by atoms with Crippen molar-refractivity contribution in [3.05, 3.63) is 0 Å². The molecule has 0 heterocycles. The largest absolute Gasteiger partial charge is 0.370 e. The van der Waals surface area contributed by atoms with E-state index < -0.39 is 11.9 Å². The fourth-order valence-electron chi connectivity index (χ4n) is 0.888. The minimum Gasteiger partial charge on any atom is -0.370 e. The molecule has 5 N–H and O–H groups in total. The highest BCUT2D eigenvalue weighted by atomic mass is 16.2. The van der Waals surface area contributed by atoms with Crippen molar-refractivity contribution in [1.82, 2.24) is 5.32 Å². The van der Waals surface area contributed by atoms with Crippen molar-refractivity contribution in [3.8, 4) is 0 Å². The summed E-state index contributed by atoms with van der Waals surface area (Å²) in [6.07, 6.45) is 0.720. The van der Waals surface area contributed by atoms with Crippen LogP contribution in [0.25, 0.3) is 0 Å². The molecule has 13 heavy (non-hydrogen) atoms. The molecule has 0 aromatic rings. The highest BCUT2D eigenvalue weighted by Crippen LogP contribution is 1.92. The van der Waals surface area contributed by atoms with Gasteiger partial charge in [-0.1, -0.05) is 6.92 Å². The first-order chi connectivity index (χ1) is 5.97. The molecule has 5 nitrogen and oxygen atoms in total. The van der Waals surface area contributed by atoms with E-state index in [4.69, 9.17) is 11.5 Å². The average Bonchev–Trinajstić information content (AvgIpc) is 2.01. The van der Waals surface area contributed by atoms with Crippen LogP contribution in [0.4, 0.5) is 0 Å². The second kappa shape index (κ2) is 5.53. The molecule has 0 aliphatic carbocycles. The van der Waals surface area contributed by atoms with E-state index in [2.05, 4.69) is 5.32 Å². The Morgan fingerprint density at radius 2 is 2.00 bits per heavy atom. The van der Waals surface area contributed by atoms with Gasteiger partial charge in [0, 0.05) is 12.5 Å². The van der Waals surface area contributed by atoms with Crippen molar-refractivity contribution in [2.75, 3.05) is 0 Å². The number of primary amides is 1. The van der Waals surface area contributed by atoms with E-state index in [9.17, 15) is 9.59 Å². The Morgan fingerprint density at radius 1 is 1.46 bits per heavy atom. The van der Waals surface area contributed by atoms with Crippen molar-refractivity contribution in [2.45, 2.75) is 38.8 Å². The van der Waals surface area contributed by atoms with E-state index >= 15 is 0 Å². The van der Waals surface area contributed by atoms with Gasteiger partial charge in [-0.3, -0.25) is 9.59 Å². The van der Waals surface area contributed by atoms with E-state index in [-0.39, 0.29) is 18.4 Å². The number of amides is 2. The molecule has 2 unspecified atom stereocenters. The normalized spacial score (nSPS) is 14.7. The minimum atomic E-state index is -0.504. The van der Waals surface area contributed by atoms with Gasteiger partial charge in [0.2, 0.25) is 11.8 Å². The zero-order chi connectivity index (χ0) is 10.4. The molecule has 0 aromatic carbocycles. The van der Waals surface area contributed by atoms with Crippen molar-refractivity contribution in [3.63, 3.8) is 0 Å². The van der Waals surface area contributed by atoms with Crippen LogP contribution in [0.2, 0.25) is 0 Å². The Labute approximate surface area is 77.8 Å². The molecular formula is C8H17N3O2. The molecule has 0 bridgehead atoms. The predicted octanol–water partition coefficient (Wildman–Crippen LogP) is -0.896. The van der Waals surface area contributed by atoms with Crippen LogP contribution in [0.15, 0.2) is 0 Å². The zero-order valence-electron chi connectivity index (χ0n) is 8.04. The second-order valence-electron chi connectivity index (χ2n) is 3.09. The van der Waals surface area contributed by atoms with Crippen LogP contribution in [0.5, 0.6) is 0 Å². The molecule has 0 aliphatic heterocycles. The quantitative estimate of drug-likeness (QED) is 0.520. The molecule has 0 saturated carbocycles. The van der Waals surface area contributed by atoms with Crippen LogP contribution in [-0.4, -0.2) is 23.9 Å². The predicted molar refractivity (Wildman–Crippen MR) is 49.7 cm³/mol. The Bertz CT molecular complexity index is 194. The summed E-state index contributed by atoms with van der Waals surface area (Å²) < 4.78 is 0. The Balaban J connectivity index is 3.84. The number of carbonyl (C=O) groups excluding carboxylic acids is 2. The summed E-state index contributed by atoms with van der Waals surface area (Å²) in [5, 5.41) is 2.60. The Morgan fingerprint density at radius 3 is 2.38 bits per heavy atom. The summed E-state index contributed by atoms with van der Waals surface area (Å²) in [6.45, 7) is 3.54. The van der Waals surface area contributed by atoms with E-state index in [1.165, 1.54) is 0 Å². The first-order valence-electron chi connectivity index (χ1n) is 4.31. The van der Waals surface area contributed by atoms with Crippen LogP contribution in [0.1, 0.15) is 26.7 Å². The van der Waals surface area contributed by atoms with Gasteiger partial charge in [0.15, 0.2) is 0 Å². The number of hydrogen-bond donors (Lipinski definition) is 3. The summed E-state index contributed by atoms with van der Waals surface area (Å²) in [5.74, 6) is -0.672. The van der Waals surface area contributed by atoms with E-state index in [0.717, 1.165) is 0 Å². The molecule has 0 rings (SSSR count). The number of carbonyl (C=O) groups is 2. The average molecular weight is 187 g/mol. The number of rotatable bonds is 5. The van der Waals surface area contributed by atoms with Crippen molar-refractivity contribution < 1.29 is 9.59 Å². The van der Waals surface area contributed by atoms with Gasteiger partial charge in [-0.05, 0) is 13.3 Å². The van der Waals surface area contributed by atoms with Gasteiger partial charge >= 0.3 is 0 Å². The highest BCUT2D eigenvalue weighted by Gasteiger charge is 2.14. The van der Waals surface area contributed by atoms with Crippen LogP contribution < -0.4 is 16.8 Å². The monoisotopic (exact) mass is 187 g/mol. The molecule has 0 fully saturated rings. The van der Waals surface area contributed by atoms with Crippen LogP contribution in [-0.2, 0) is 9.59 Å². The summed E-state index contributed by atoms with van der Waals surface area (Å²) >= 11 is 0. The van der Waals surface area contributed by atoms with Crippen LogP contribution in [0, 0.1) is 0 Å². The summed E-state index contributed by atoms with van der Waals surface area (Å²) in [5.41, 5.74) is 10.4. The van der Waals surface area contributed by atoms with Gasteiger partial charge in [0.25, 0.3) is 0 Å². The van der Waals surface area contributed by atoms with Gasteiger partial charge in [-0.25, -0.2) is 0 Å². The molecule has 0 saturated heterocycles. The second-order valence-corrected chi connectivity index (χ2v) is 3.09. The standard InChI is InChI=1S/C8H17N3O2/c1-3-6(9)8(13)11-5(2)4-7(10)12/h5-6H,3-4,9H2,1-2H3,(H2,10,12)(H,11,13). The Kier molecular flexibility index (Phi) is 5.06. The SMILES string of the molecule is CCC(N)C(=O)NC(C)CC(N)=O. The molecule has 5 heteroatoms. The first kappa shape index (κ1) is 11.9. The summed E-state index contributed by atoms with van der Waals surface area (Å²) in [7, 11) is 0. The van der Waals surface area contributed by atoms with Gasteiger partial charge in [0.05, 0.1) is 6.04 Å². The van der Waals surface area contributed by atoms with E-state index in [1.807, 2.05) is 6.92 Å². The molecule has 2 atom stereocenters. The number of nitrogens with two attached hydrogens (primary N) is 2. The fraction of sp³-hybridized carbons (Fsp3) is 0.750. The molecule has 0 aromatic heterocycles. The maximum Gasteiger partial charge on any atom is 0.237 e. The third-order valence-electron chi connectivity index (χ3n) is 1.67. The maximum atomic E-state index is 11.2. The van der Waals surface area contributed by atoms with Crippen LogP contribution in [0.3, 0.4) is 0 Å². The molecule has 0 spiro atoms. The molecule has 0 aliphatic rings. The van der Waals surface area contributed by atoms with Gasteiger partial charge in [-0.15, -0.1) is 0 Å². The summed E-state index contributed by atoms with van der Waals surface area (Å²) in [4.78, 5) is 21.6. The maximum absolute atomic E-state index is 11.2. The topological polar surface area (TPSA) is 98.2 Å². The lowest BCUT2D eigenvalue weighted by Crippen LogP contribution is -2.45. The lowest BCUT2D eigenvalue weighted by molar-refractivity contribution is -0.123. The third-order valence-corrected chi connectivity index (χ3v) is 1.67. The van der Waals surface area contributed by atoms with Crippen LogP contribution >= 0.6 is 0 Å². The number of hydrogen-bond acceptors (Lipinski definition) is 3. The lowest BCUT2D eigenvalue weighted by atomic mass is 10.2. The van der Waals surface area contributed by atoms with E-state index in [1.54, 1.807) is 6.92 Å². The molecule has 76 valence electrons. The first-order valence-corrected chi connectivity index (χ1v) is 4.31. The zero-order valence-corrected chi connectivity index (χ0v) is 8.04. The van der Waals surface area contributed by atoms with Crippen molar-refractivity contribution in [2.24, 2.45) is 11.5 Å². The Hall–Kier alpha value is -1.10. The fourth-order valence-corrected chi connectivity index (χ4v) is 0.888.